The first-order valence-electron chi connectivity index (χ1n) is 9.67. The molecule has 6 rings (SSSR count). The van der Waals surface area contributed by atoms with E-state index in [0.717, 1.165) is 36.5 Å². The van der Waals surface area contributed by atoms with Crippen LogP contribution >= 0.6 is 27.7 Å². The number of aryl methyl sites for hydroxylation is 1. The number of hydrogen-bond acceptors (Lipinski definition) is 5. The van der Waals surface area contributed by atoms with Crippen molar-refractivity contribution in [3.8, 4) is 11.4 Å². The molecule has 0 spiro atoms. The van der Waals surface area contributed by atoms with Crippen LogP contribution in [0.5, 0.6) is 5.75 Å². The highest BCUT2D eigenvalue weighted by atomic mass is 79.9. The molecule has 0 amide bonds. The standard InChI is InChI=1S/C23H15BrN4O2S/c1-13-11-27-19-8-14(24)6-7-20(19)31-21-10-15(9-16(22(21)27)23(13)29)30-12-28-18-5-3-2-4-17(18)25-26-28/h2-11H,12H2,1H3. The van der Waals surface area contributed by atoms with Crippen molar-refractivity contribution in [2.75, 3.05) is 0 Å². The molecule has 3 heterocycles. The number of nitrogens with zero attached hydrogens (tertiary/aromatic N) is 4. The second-order valence-electron chi connectivity index (χ2n) is 7.39. The summed E-state index contributed by atoms with van der Waals surface area (Å²) in [5.74, 6) is 0.629. The van der Waals surface area contributed by atoms with E-state index in [0.29, 0.717) is 16.7 Å². The first-order chi connectivity index (χ1) is 15.1. The van der Waals surface area contributed by atoms with Crippen LogP contribution in [-0.2, 0) is 6.73 Å². The topological polar surface area (TPSA) is 61.9 Å². The molecule has 1 aliphatic rings. The Morgan fingerprint density at radius 2 is 1.97 bits per heavy atom. The van der Waals surface area contributed by atoms with Gasteiger partial charge in [-0.05, 0) is 49.4 Å². The van der Waals surface area contributed by atoms with E-state index in [9.17, 15) is 4.79 Å². The molecular weight excluding hydrogens is 476 g/mol. The number of halogens is 1. The molecule has 0 saturated heterocycles. The molecule has 8 heteroatoms. The Morgan fingerprint density at radius 1 is 1.10 bits per heavy atom. The maximum absolute atomic E-state index is 13.0. The Bertz CT molecular complexity index is 1570. The number of fused-ring (bicyclic) bond motifs is 3. The Morgan fingerprint density at radius 3 is 2.87 bits per heavy atom. The van der Waals surface area contributed by atoms with Crippen molar-refractivity contribution in [3.63, 3.8) is 0 Å². The van der Waals surface area contributed by atoms with Crippen molar-refractivity contribution in [3.05, 3.63) is 81.1 Å². The van der Waals surface area contributed by atoms with E-state index in [1.165, 1.54) is 0 Å². The van der Waals surface area contributed by atoms with Gasteiger partial charge in [-0.15, -0.1) is 5.10 Å². The van der Waals surface area contributed by atoms with Gasteiger partial charge in [0, 0.05) is 26.0 Å². The molecule has 0 fully saturated rings. The molecule has 6 nitrogen and oxygen atoms in total. The van der Waals surface area contributed by atoms with Crippen LogP contribution in [0.2, 0.25) is 0 Å². The van der Waals surface area contributed by atoms with Crippen LogP contribution in [0, 0.1) is 6.92 Å². The van der Waals surface area contributed by atoms with E-state index in [-0.39, 0.29) is 12.2 Å². The number of benzene rings is 3. The minimum absolute atomic E-state index is 0.0169. The van der Waals surface area contributed by atoms with Crippen LogP contribution in [0.3, 0.4) is 0 Å². The fourth-order valence-corrected chi connectivity index (χ4v) is 5.38. The normalized spacial score (nSPS) is 12.3. The predicted octanol–water partition coefficient (Wildman–Crippen LogP) is 5.31. The lowest BCUT2D eigenvalue weighted by molar-refractivity contribution is 0.223. The van der Waals surface area contributed by atoms with E-state index in [4.69, 9.17) is 4.74 Å². The third-order valence-electron chi connectivity index (χ3n) is 5.39. The maximum atomic E-state index is 13.0. The largest absolute Gasteiger partial charge is 0.471 e. The Hall–Kier alpha value is -3.10. The summed E-state index contributed by atoms with van der Waals surface area (Å²) < 4.78 is 10.9. The van der Waals surface area contributed by atoms with Gasteiger partial charge in [0.1, 0.15) is 11.3 Å². The molecule has 1 aliphatic heterocycles. The van der Waals surface area contributed by atoms with Crippen LogP contribution < -0.4 is 10.2 Å². The first kappa shape index (κ1) is 18.7. The van der Waals surface area contributed by atoms with E-state index < -0.39 is 0 Å². The average Bonchev–Trinajstić information content (AvgIpc) is 3.19. The monoisotopic (exact) mass is 490 g/mol. The van der Waals surface area contributed by atoms with Crippen LogP contribution in [0.1, 0.15) is 5.56 Å². The van der Waals surface area contributed by atoms with E-state index in [1.54, 1.807) is 16.4 Å². The molecule has 0 bridgehead atoms. The smallest absolute Gasteiger partial charge is 0.192 e. The van der Waals surface area contributed by atoms with E-state index in [1.807, 2.05) is 55.6 Å². The zero-order chi connectivity index (χ0) is 21.1. The molecule has 0 unspecified atom stereocenters. The summed E-state index contributed by atoms with van der Waals surface area (Å²) in [6.07, 6.45) is 1.92. The molecule has 0 aliphatic carbocycles. The van der Waals surface area contributed by atoms with Crippen LogP contribution in [0.15, 0.2) is 79.9 Å². The summed E-state index contributed by atoms with van der Waals surface area (Å²) >= 11 is 5.20. The van der Waals surface area contributed by atoms with Gasteiger partial charge in [0.15, 0.2) is 12.2 Å². The highest BCUT2D eigenvalue weighted by Gasteiger charge is 2.22. The van der Waals surface area contributed by atoms with Crippen molar-refractivity contribution in [2.24, 2.45) is 0 Å². The van der Waals surface area contributed by atoms with Crippen molar-refractivity contribution in [1.29, 1.82) is 0 Å². The molecule has 0 saturated carbocycles. The summed E-state index contributed by atoms with van der Waals surface area (Å²) in [5, 5.41) is 8.99. The highest BCUT2D eigenvalue weighted by molar-refractivity contribution is 9.10. The SMILES string of the molecule is Cc1cn2c3c(cc(OCn4nnc5ccccc54)cc3c1=O)Sc1ccc(Br)cc1-2. The Balaban J connectivity index is 1.47. The molecule has 0 radical (unpaired) electrons. The van der Waals surface area contributed by atoms with Gasteiger partial charge in [0.05, 0.1) is 22.1 Å². The summed E-state index contributed by atoms with van der Waals surface area (Å²) in [7, 11) is 0. The quantitative estimate of drug-likeness (QED) is 0.336. The van der Waals surface area contributed by atoms with E-state index in [2.05, 4.69) is 42.9 Å². The summed E-state index contributed by atoms with van der Waals surface area (Å²) in [4.78, 5) is 15.1. The fourth-order valence-electron chi connectivity index (χ4n) is 3.92. The number of para-hydroxylation sites is 1. The van der Waals surface area contributed by atoms with Gasteiger partial charge in [-0.3, -0.25) is 4.79 Å². The number of aromatic nitrogens is 4. The molecule has 0 atom stereocenters. The zero-order valence-electron chi connectivity index (χ0n) is 16.4. The predicted molar refractivity (Wildman–Crippen MR) is 124 cm³/mol. The van der Waals surface area contributed by atoms with Crippen LogP contribution in [0.4, 0.5) is 0 Å². The summed E-state index contributed by atoms with van der Waals surface area (Å²) in [5.41, 5.74) is 4.39. The number of hydrogen-bond donors (Lipinski definition) is 0. The lowest BCUT2D eigenvalue weighted by Crippen LogP contribution is -2.15. The molecule has 5 aromatic rings. The third kappa shape index (κ3) is 2.97. The van der Waals surface area contributed by atoms with Gasteiger partial charge in [-0.1, -0.05) is 45.0 Å². The maximum Gasteiger partial charge on any atom is 0.192 e. The van der Waals surface area contributed by atoms with E-state index >= 15 is 0 Å². The van der Waals surface area contributed by atoms with Gasteiger partial charge in [0.25, 0.3) is 0 Å². The van der Waals surface area contributed by atoms with Gasteiger partial charge in [0.2, 0.25) is 0 Å². The molecular formula is C23H15BrN4O2S. The second-order valence-corrected chi connectivity index (χ2v) is 9.39. The Labute approximate surface area is 189 Å². The summed E-state index contributed by atoms with van der Waals surface area (Å²) in [6.45, 7) is 2.05. The molecule has 3 aromatic carbocycles. The fraction of sp³-hybridized carbons (Fsp3) is 0.0870. The van der Waals surface area contributed by atoms with Crippen molar-refractivity contribution >= 4 is 49.6 Å². The van der Waals surface area contributed by atoms with Gasteiger partial charge in [-0.25, -0.2) is 4.68 Å². The van der Waals surface area contributed by atoms with Gasteiger partial charge in [-0.2, -0.15) is 0 Å². The van der Waals surface area contributed by atoms with Crippen molar-refractivity contribution in [2.45, 2.75) is 23.4 Å². The molecule has 0 N–H and O–H groups in total. The van der Waals surface area contributed by atoms with Crippen LogP contribution in [-0.4, -0.2) is 19.6 Å². The minimum Gasteiger partial charge on any atom is -0.471 e. The highest BCUT2D eigenvalue weighted by Crippen LogP contribution is 2.44. The lowest BCUT2D eigenvalue weighted by atomic mass is 10.1. The molecule has 152 valence electrons. The van der Waals surface area contributed by atoms with Gasteiger partial charge >= 0.3 is 0 Å². The number of ether oxygens (including phenoxy) is 1. The van der Waals surface area contributed by atoms with Crippen LogP contribution in [0.25, 0.3) is 27.6 Å². The minimum atomic E-state index is 0.0169. The summed E-state index contributed by atoms with van der Waals surface area (Å²) in [6, 6.07) is 17.7. The number of rotatable bonds is 3. The molecule has 2 aromatic heterocycles. The second kappa shape index (κ2) is 6.96. The van der Waals surface area contributed by atoms with Gasteiger partial charge < -0.3 is 9.30 Å². The lowest BCUT2D eigenvalue weighted by Gasteiger charge is -2.24. The number of pyridine rings is 1. The van der Waals surface area contributed by atoms with Crippen molar-refractivity contribution in [1.82, 2.24) is 19.6 Å². The Kier molecular flexibility index (Phi) is 4.19. The third-order valence-corrected chi connectivity index (χ3v) is 6.98. The molecule has 31 heavy (non-hydrogen) atoms. The average molecular weight is 491 g/mol. The van der Waals surface area contributed by atoms with Crippen molar-refractivity contribution < 1.29 is 4.74 Å². The zero-order valence-corrected chi connectivity index (χ0v) is 18.8. The first-order valence-corrected chi connectivity index (χ1v) is 11.3.